The molecule has 4 heteroatoms. The first-order valence-corrected chi connectivity index (χ1v) is 7.39. The van der Waals surface area contributed by atoms with Crippen LogP contribution in [0.15, 0.2) is 28.7 Å². The molecule has 1 heterocycles. The lowest BCUT2D eigenvalue weighted by molar-refractivity contribution is 0.195. The fraction of sp³-hybridized carbons (Fsp3) is 0.571. The van der Waals surface area contributed by atoms with Gasteiger partial charge in [0.25, 0.3) is 0 Å². The van der Waals surface area contributed by atoms with Gasteiger partial charge in [0.1, 0.15) is 0 Å². The summed E-state index contributed by atoms with van der Waals surface area (Å²) in [6.07, 6.45) is 0. The maximum absolute atomic E-state index is 3.48. The maximum atomic E-state index is 3.48. The molecule has 1 unspecified atom stereocenters. The van der Waals surface area contributed by atoms with Crippen molar-refractivity contribution in [1.82, 2.24) is 10.2 Å². The highest BCUT2D eigenvalue weighted by Gasteiger charge is 2.20. The van der Waals surface area contributed by atoms with Crippen LogP contribution in [-0.4, -0.2) is 50.7 Å². The summed E-state index contributed by atoms with van der Waals surface area (Å²) in [5.74, 6) is 0. The summed E-state index contributed by atoms with van der Waals surface area (Å²) >= 11 is 3.48. The number of likely N-dealkylation sites (N-methyl/N-ethyl adjacent to an activating group) is 1. The number of halogens is 1. The number of anilines is 1. The number of benzene rings is 1. The van der Waals surface area contributed by atoms with Gasteiger partial charge < -0.3 is 10.2 Å². The average Bonchev–Trinajstić information content (AvgIpc) is 2.40. The molecule has 1 aromatic rings. The van der Waals surface area contributed by atoms with Crippen LogP contribution < -0.4 is 10.2 Å². The van der Waals surface area contributed by atoms with Crippen molar-refractivity contribution < 1.29 is 0 Å². The first kappa shape index (κ1) is 13.8. The highest BCUT2D eigenvalue weighted by molar-refractivity contribution is 9.10. The minimum atomic E-state index is 0.627. The van der Waals surface area contributed by atoms with Crippen molar-refractivity contribution >= 4 is 21.6 Å². The number of piperazine rings is 1. The van der Waals surface area contributed by atoms with E-state index < -0.39 is 0 Å². The number of nitrogens with zero attached hydrogens (tertiary/aromatic N) is 2. The number of rotatable bonds is 4. The summed E-state index contributed by atoms with van der Waals surface area (Å²) in [5.41, 5.74) is 1.33. The van der Waals surface area contributed by atoms with E-state index in [4.69, 9.17) is 0 Å². The Morgan fingerprint density at radius 2 is 1.78 bits per heavy atom. The van der Waals surface area contributed by atoms with E-state index in [-0.39, 0.29) is 0 Å². The molecule has 1 atom stereocenters. The first-order chi connectivity index (χ1) is 8.70. The summed E-state index contributed by atoms with van der Waals surface area (Å²) in [4.78, 5) is 5.03. The van der Waals surface area contributed by atoms with Gasteiger partial charge in [0.15, 0.2) is 0 Å². The number of nitrogens with one attached hydrogen (secondary N) is 1. The molecule has 1 fully saturated rings. The van der Waals surface area contributed by atoms with Gasteiger partial charge in [-0.15, -0.1) is 0 Å². The fourth-order valence-corrected chi connectivity index (χ4v) is 2.76. The van der Waals surface area contributed by atoms with Crippen LogP contribution in [0, 0.1) is 0 Å². The van der Waals surface area contributed by atoms with Crippen molar-refractivity contribution in [2.75, 3.05) is 44.7 Å². The molecule has 0 amide bonds. The first-order valence-electron chi connectivity index (χ1n) is 6.60. The molecule has 0 saturated carbocycles. The third kappa shape index (κ3) is 3.46. The van der Waals surface area contributed by atoms with Gasteiger partial charge in [0.2, 0.25) is 0 Å². The van der Waals surface area contributed by atoms with Crippen LogP contribution in [0.5, 0.6) is 0 Å². The van der Waals surface area contributed by atoms with E-state index >= 15 is 0 Å². The van der Waals surface area contributed by atoms with Crippen molar-refractivity contribution in [1.29, 1.82) is 0 Å². The zero-order valence-corrected chi connectivity index (χ0v) is 12.8. The molecule has 0 bridgehead atoms. The van der Waals surface area contributed by atoms with E-state index in [1.807, 2.05) is 7.05 Å². The second kappa shape index (κ2) is 6.55. The van der Waals surface area contributed by atoms with Gasteiger partial charge in [-0.2, -0.15) is 0 Å². The summed E-state index contributed by atoms with van der Waals surface area (Å²) < 4.78 is 1.15. The zero-order valence-electron chi connectivity index (χ0n) is 11.2. The number of hydrogen-bond acceptors (Lipinski definition) is 3. The molecule has 1 aliphatic rings. The Hall–Kier alpha value is -0.580. The topological polar surface area (TPSA) is 18.5 Å². The molecular formula is C14H22BrN3. The second-order valence-electron chi connectivity index (χ2n) is 4.91. The molecule has 1 aromatic carbocycles. The summed E-state index contributed by atoms with van der Waals surface area (Å²) in [6, 6.07) is 9.24. The standard InChI is InChI=1S/C14H22BrN3/c1-12(11-16-2)17-7-9-18(10-8-17)14-5-3-13(15)4-6-14/h3-6,12,16H,7-11H2,1-2H3. The Labute approximate surface area is 118 Å². The predicted molar refractivity (Wildman–Crippen MR) is 81.3 cm³/mol. The SMILES string of the molecule is CNCC(C)N1CCN(c2ccc(Br)cc2)CC1. The van der Waals surface area contributed by atoms with Crippen LogP contribution in [0.4, 0.5) is 5.69 Å². The Balaban J connectivity index is 1.88. The van der Waals surface area contributed by atoms with Gasteiger partial charge in [-0.1, -0.05) is 15.9 Å². The van der Waals surface area contributed by atoms with Crippen molar-refractivity contribution in [3.05, 3.63) is 28.7 Å². The molecule has 1 saturated heterocycles. The lowest BCUT2D eigenvalue weighted by Gasteiger charge is -2.39. The fourth-order valence-electron chi connectivity index (χ4n) is 2.50. The molecule has 0 aromatic heterocycles. The molecule has 0 aliphatic carbocycles. The van der Waals surface area contributed by atoms with E-state index in [1.165, 1.54) is 5.69 Å². The van der Waals surface area contributed by atoms with Crippen molar-refractivity contribution in [2.45, 2.75) is 13.0 Å². The third-order valence-corrected chi connectivity index (χ3v) is 4.16. The van der Waals surface area contributed by atoms with Crippen LogP contribution in [-0.2, 0) is 0 Å². The Bertz CT molecular complexity index is 358. The molecule has 1 N–H and O–H groups in total. The second-order valence-corrected chi connectivity index (χ2v) is 5.82. The van der Waals surface area contributed by atoms with Gasteiger partial charge in [0.05, 0.1) is 0 Å². The van der Waals surface area contributed by atoms with Crippen LogP contribution in [0.1, 0.15) is 6.92 Å². The predicted octanol–water partition coefficient (Wildman–Crippen LogP) is 2.18. The van der Waals surface area contributed by atoms with Crippen LogP contribution in [0.3, 0.4) is 0 Å². The lowest BCUT2D eigenvalue weighted by Crippen LogP contribution is -2.51. The van der Waals surface area contributed by atoms with Gasteiger partial charge >= 0.3 is 0 Å². The Morgan fingerprint density at radius 3 is 2.33 bits per heavy atom. The number of hydrogen-bond donors (Lipinski definition) is 1. The molecule has 100 valence electrons. The highest BCUT2D eigenvalue weighted by atomic mass is 79.9. The minimum absolute atomic E-state index is 0.627. The summed E-state index contributed by atoms with van der Waals surface area (Å²) in [7, 11) is 2.02. The summed E-state index contributed by atoms with van der Waals surface area (Å²) in [5, 5.41) is 3.25. The third-order valence-electron chi connectivity index (χ3n) is 3.63. The quantitative estimate of drug-likeness (QED) is 0.919. The van der Waals surface area contributed by atoms with Crippen LogP contribution in [0.25, 0.3) is 0 Å². The van der Waals surface area contributed by atoms with E-state index in [0.29, 0.717) is 6.04 Å². The average molecular weight is 312 g/mol. The molecular weight excluding hydrogens is 290 g/mol. The van der Waals surface area contributed by atoms with Gasteiger partial charge in [-0.05, 0) is 38.2 Å². The van der Waals surface area contributed by atoms with E-state index in [9.17, 15) is 0 Å². The minimum Gasteiger partial charge on any atom is -0.369 e. The molecule has 2 rings (SSSR count). The smallest absolute Gasteiger partial charge is 0.0367 e. The van der Waals surface area contributed by atoms with E-state index in [2.05, 4.69) is 62.2 Å². The lowest BCUT2D eigenvalue weighted by atomic mass is 10.2. The van der Waals surface area contributed by atoms with E-state index in [0.717, 1.165) is 37.2 Å². The largest absolute Gasteiger partial charge is 0.369 e. The molecule has 18 heavy (non-hydrogen) atoms. The van der Waals surface area contributed by atoms with Gasteiger partial charge in [-0.25, -0.2) is 0 Å². The van der Waals surface area contributed by atoms with Crippen molar-refractivity contribution in [3.8, 4) is 0 Å². The normalized spacial score (nSPS) is 18.9. The molecule has 1 aliphatic heterocycles. The summed E-state index contributed by atoms with van der Waals surface area (Å²) in [6.45, 7) is 7.91. The maximum Gasteiger partial charge on any atom is 0.0367 e. The van der Waals surface area contributed by atoms with Gasteiger partial charge in [-0.3, -0.25) is 4.90 Å². The zero-order chi connectivity index (χ0) is 13.0. The van der Waals surface area contributed by atoms with Crippen LogP contribution in [0.2, 0.25) is 0 Å². The highest BCUT2D eigenvalue weighted by Crippen LogP contribution is 2.20. The molecule has 3 nitrogen and oxygen atoms in total. The molecule has 0 radical (unpaired) electrons. The van der Waals surface area contributed by atoms with E-state index in [1.54, 1.807) is 0 Å². The van der Waals surface area contributed by atoms with Crippen molar-refractivity contribution in [3.63, 3.8) is 0 Å². The van der Waals surface area contributed by atoms with Crippen molar-refractivity contribution in [2.24, 2.45) is 0 Å². The monoisotopic (exact) mass is 311 g/mol. The van der Waals surface area contributed by atoms with Crippen LogP contribution >= 0.6 is 15.9 Å². The Kier molecular flexibility index (Phi) is 5.03. The Morgan fingerprint density at radius 1 is 1.17 bits per heavy atom. The van der Waals surface area contributed by atoms with Gasteiger partial charge in [0, 0.05) is 48.9 Å². The molecule has 0 spiro atoms.